The molecule has 2 aromatic carbocycles. The molecule has 142 valence electrons. The van der Waals surface area contributed by atoms with E-state index < -0.39 is 0 Å². The molecule has 0 bridgehead atoms. The maximum absolute atomic E-state index is 11.9. The number of fused-ring (bicyclic) bond motifs is 1. The van der Waals surface area contributed by atoms with Crippen LogP contribution < -0.4 is 20.1 Å². The first-order valence-electron chi connectivity index (χ1n) is 8.44. The summed E-state index contributed by atoms with van der Waals surface area (Å²) in [6.45, 7) is 0.736. The Hall–Kier alpha value is -3.42. The summed E-state index contributed by atoms with van der Waals surface area (Å²) >= 11 is 0. The maximum Gasteiger partial charge on any atom is 0.231 e. The monoisotopic (exact) mass is 372 g/mol. The number of amides is 2. The van der Waals surface area contributed by atoms with E-state index in [1.54, 1.807) is 12.1 Å². The molecule has 0 fully saturated rings. The third kappa shape index (κ3) is 5.04. The lowest BCUT2D eigenvalue weighted by atomic mass is 10.2. The van der Waals surface area contributed by atoms with E-state index >= 15 is 0 Å². The topological polar surface area (TPSA) is 117 Å². The van der Waals surface area contributed by atoms with E-state index in [2.05, 4.69) is 10.6 Å². The number of aromatic hydroxyl groups is 2. The minimum atomic E-state index is -0.277. The smallest absolute Gasteiger partial charge is 0.231 e. The Kier molecular flexibility index (Phi) is 5.65. The summed E-state index contributed by atoms with van der Waals surface area (Å²) in [5.74, 6) is 0.366. The van der Waals surface area contributed by atoms with E-state index in [0.29, 0.717) is 23.6 Å². The van der Waals surface area contributed by atoms with Crippen LogP contribution in [0.1, 0.15) is 24.0 Å². The quantitative estimate of drug-likeness (QED) is 0.548. The van der Waals surface area contributed by atoms with Gasteiger partial charge in [0.25, 0.3) is 0 Å². The van der Waals surface area contributed by atoms with Gasteiger partial charge in [0.05, 0.1) is 0 Å². The Labute approximate surface area is 155 Å². The van der Waals surface area contributed by atoms with Gasteiger partial charge in [-0.05, 0) is 35.4 Å². The number of carbonyl (C=O) groups excluding carboxylic acids is 2. The lowest BCUT2D eigenvalue weighted by Gasteiger charge is -2.08. The molecule has 8 heteroatoms. The molecule has 2 amide bonds. The van der Waals surface area contributed by atoms with Gasteiger partial charge in [-0.1, -0.05) is 12.1 Å². The molecule has 3 rings (SSSR count). The number of rotatable bonds is 7. The number of hydrogen-bond acceptors (Lipinski definition) is 6. The van der Waals surface area contributed by atoms with Gasteiger partial charge in [0.15, 0.2) is 23.0 Å². The first-order valence-corrected chi connectivity index (χ1v) is 8.44. The van der Waals surface area contributed by atoms with Crippen molar-refractivity contribution >= 4 is 11.8 Å². The van der Waals surface area contributed by atoms with Crippen LogP contribution in [-0.4, -0.2) is 28.8 Å². The van der Waals surface area contributed by atoms with Crippen molar-refractivity contribution in [3.05, 3.63) is 47.5 Å². The van der Waals surface area contributed by atoms with Crippen molar-refractivity contribution in [2.24, 2.45) is 0 Å². The lowest BCUT2D eigenvalue weighted by Crippen LogP contribution is -2.27. The standard InChI is InChI=1S/C19H20N2O6/c22-14-3-1-12(7-15(14)23)9-20-18(24)5-6-19(25)21-10-13-2-4-16-17(8-13)27-11-26-16/h1-4,7-8,22-23H,5-6,9-11H2,(H,20,24)(H,21,25). The number of ether oxygens (including phenoxy) is 2. The van der Waals surface area contributed by atoms with Gasteiger partial charge in [0, 0.05) is 25.9 Å². The highest BCUT2D eigenvalue weighted by Crippen LogP contribution is 2.32. The van der Waals surface area contributed by atoms with Crippen LogP contribution in [0.25, 0.3) is 0 Å². The molecule has 4 N–H and O–H groups in total. The van der Waals surface area contributed by atoms with Gasteiger partial charge in [-0.25, -0.2) is 0 Å². The second-order valence-corrected chi connectivity index (χ2v) is 6.06. The third-order valence-electron chi connectivity index (χ3n) is 4.04. The summed E-state index contributed by atoms with van der Waals surface area (Å²) in [7, 11) is 0. The number of phenols is 2. The number of nitrogens with one attached hydrogen (secondary N) is 2. The Morgan fingerprint density at radius 1 is 0.815 bits per heavy atom. The molecule has 0 aromatic heterocycles. The summed E-state index contributed by atoms with van der Waals surface area (Å²) in [6, 6.07) is 9.75. The fourth-order valence-corrected chi connectivity index (χ4v) is 2.54. The first-order chi connectivity index (χ1) is 13.0. The van der Waals surface area contributed by atoms with Crippen molar-refractivity contribution in [3.8, 4) is 23.0 Å². The largest absolute Gasteiger partial charge is 0.504 e. The summed E-state index contributed by atoms with van der Waals surface area (Å²) in [5, 5.41) is 24.1. The molecule has 0 saturated heterocycles. The summed E-state index contributed by atoms with van der Waals surface area (Å²) < 4.78 is 10.5. The van der Waals surface area contributed by atoms with Gasteiger partial charge in [-0.3, -0.25) is 9.59 Å². The van der Waals surface area contributed by atoms with Crippen LogP contribution in [0, 0.1) is 0 Å². The van der Waals surface area contributed by atoms with Gasteiger partial charge in [-0.15, -0.1) is 0 Å². The summed E-state index contributed by atoms with van der Waals surface area (Å²) in [6.07, 6.45) is 0.119. The number of benzene rings is 2. The Morgan fingerprint density at radius 3 is 2.07 bits per heavy atom. The van der Waals surface area contributed by atoms with Crippen molar-refractivity contribution in [2.45, 2.75) is 25.9 Å². The Morgan fingerprint density at radius 2 is 1.41 bits per heavy atom. The highest BCUT2D eigenvalue weighted by Gasteiger charge is 2.13. The van der Waals surface area contributed by atoms with Crippen molar-refractivity contribution in [1.29, 1.82) is 0 Å². The average Bonchev–Trinajstić information content (AvgIpc) is 3.13. The van der Waals surface area contributed by atoms with Crippen molar-refractivity contribution < 1.29 is 29.3 Å². The minimum Gasteiger partial charge on any atom is -0.504 e. The molecule has 0 radical (unpaired) electrons. The predicted octanol–water partition coefficient (Wildman–Crippen LogP) is 1.54. The minimum absolute atomic E-state index is 0.0526. The van der Waals surface area contributed by atoms with Gasteiger partial charge < -0.3 is 30.3 Å². The van der Waals surface area contributed by atoms with Crippen LogP contribution in [0.3, 0.4) is 0 Å². The predicted molar refractivity (Wildman–Crippen MR) is 95.3 cm³/mol. The van der Waals surface area contributed by atoms with Crippen LogP contribution in [0.5, 0.6) is 23.0 Å². The zero-order valence-electron chi connectivity index (χ0n) is 14.5. The second-order valence-electron chi connectivity index (χ2n) is 6.06. The van der Waals surface area contributed by atoms with Crippen LogP contribution in [-0.2, 0) is 22.7 Å². The summed E-state index contributed by atoms with van der Waals surface area (Å²) in [4.78, 5) is 23.7. The Balaban J connectivity index is 1.37. The van der Waals surface area contributed by atoms with E-state index in [-0.39, 0.29) is 49.5 Å². The van der Waals surface area contributed by atoms with Gasteiger partial charge in [0.1, 0.15) is 0 Å². The molecule has 1 heterocycles. The number of phenolic OH excluding ortho intramolecular Hbond substituents is 2. The molecule has 1 aliphatic heterocycles. The molecule has 27 heavy (non-hydrogen) atoms. The van der Waals surface area contributed by atoms with E-state index in [9.17, 15) is 19.8 Å². The van der Waals surface area contributed by atoms with E-state index in [4.69, 9.17) is 9.47 Å². The van der Waals surface area contributed by atoms with Gasteiger partial charge >= 0.3 is 0 Å². The summed E-state index contributed by atoms with van der Waals surface area (Å²) in [5.41, 5.74) is 1.52. The van der Waals surface area contributed by atoms with Gasteiger partial charge in [-0.2, -0.15) is 0 Å². The molecule has 0 aliphatic carbocycles. The zero-order chi connectivity index (χ0) is 19.2. The fraction of sp³-hybridized carbons (Fsp3) is 0.263. The molecule has 0 spiro atoms. The van der Waals surface area contributed by atoms with Crippen molar-refractivity contribution in [1.82, 2.24) is 10.6 Å². The van der Waals surface area contributed by atoms with E-state index in [0.717, 1.165) is 5.56 Å². The molecule has 1 aliphatic rings. The van der Waals surface area contributed by atoms with Crippen molar-refractivity contribution in [3.63, 3.8) is 0 Å². The van der Waals surface area contributed by atoms with Crippen LogP contribution in [0.4, 0.5) is 0 Å². The highest BCUT2D eigenvalue weighted by atomic mass is 16.7. The normalized spacial score (nSPS) is 11.9. The lowest BCUT2D eigenvalue weighted by molar-refractivity contribution is -0.126. The third-order valence-corrected chi connectivity index (χ3v) is 4.04. The molecule has 0 atom stereocenters. The molecule has 2 aromatic rings. The SMILES string of the molecule is O=C(CCC(=O)NCc1ccc2c(c1)OCO2)NCc1ccc(O)c(O)c1. The number of hydrogen-bond donors (Lipinski definition) is 4. The van der Waals surface area contributed by atoms with E-state index in [1.807, 2.05) is 12.1 Å². The van der Waals surface area contributed by atoms with Crippen LogP contribution in [0.2, 0.25) is 0 Å². The zero-order valence-corrected chi connectivity index (χ0v) is 14.5. The Bertz CT molecular complexity index is 852. The highest BCUT2D eigenvalue weighted by molar-refractivity contribution is 5.83. The second kappa shape index (κ2) is 8.31. The fourth-order valence-electron chi connectivity index (χ4n) is 2.54. The van der Waals surface area contributed by atoms with Crippen molar-refractivity contribution in [2.75, 3.05) is 6.79 Å². The maximum atomic E-state index is 11.9. The molecular formula is C19H20N2O6. The number of carbonyl (C=O) groups is 2. The molecular weight excluding hydrogens is 352 g/mol. The van der Waals surface area contributed by atoms with Crippen LogP contribution >= 0.6 is 0 Å². The average molecular weight is 372 g/mol. The molecule has 0 saturated carbocycles. The first kappa shape index (κ1) is 18.4. The van der Waals surface area contributed by atoms with Crippen LogP contribution in [0.15, 0.2) is 36.4 Å². The molecule has 8 nitrogen and oxygen atoms in total. The van der Waals surface area contributed by atoms with E-state index in [1.165, 1.54) is 12.1 Å². The van der Waals surface area contributed by atoms with Gasteiger partial charge in [0.2, 0.25) is 18.6 Å². The molecule has 0 unspecified atom stereocenters.